The molecule has 2 aromatic rings. The molecule has 1 N–H and O–H groups in total. The van der Waals surface area contributed by atoms with Gasteiger partial charge in [-0.15, -0.1) is 0 Å². The number of carbonyl (C=O) groups is 2. The van der Waals surface area contributed by atoms with E-state index in [9.17, 15) is 18.4 Å². The van der Waals surface area contributed by atoms with Crippen molar-refractivity contribution in [2.24, 2.45) is 9.98 Å². The Kier molecular flexibility index (Phi) is 6.36. The second-order valence-electron chi connectivity index (χ2n) is 7.49. The van der Waals surface area contributed by atoms with Crippen molar-refractivity contribution in [1.29, 1.82) is 0 Å². The Labute approximate surface area is 188 Å². The topological polar surface area (TPSA) is 74.1 Å². The van der Waals surface area contributed by atoms with Crippen LogP contribution in [0.4, 0.5) is 20.2 Å². The lowest BCUT2D eigenvalue weighted by molar-refractivity contribution is -0.119. The predicted molar refractivity (Wildman–Crippen MR) is 122 cm³/mol. The number of nitrogens with one attached hydrogen (secondary N) is 1. The minimum Gasteiger partial charge on any atom is -0.323 e. The molecule has 166 valence electrons. The first-order valence-corrected chi connectivity index (χ1v) is 11.3. The van der Waals surface area contributed by atoms with Crippen LogP contribution in [0.1, 0.15) is 38.7 Å². The maximum atomic E-state index is 14.0. The quantitative estimate of drug-likeness (QED) is 0.673. The highest BCUT2D eigenvalue weighted by Gasteiger charge is 2.42. The van der Waals surface area contributed by atoms with Gasteiger partial charge in [-0.2, -0.15) is 4.99 Å². The average Bonchev–Trinajstić information content (AvgIpc) is 3.11. The highest BCUT2D eigenvalue weighted by Crippen LogP contribution is 2.36. The van der Waals surface area contributed by atoms with Gasteiger partial charge in [0.2, 0.25) is 5.91 Å². The molecule has 2 aliphatic heterocycles. The Bertz CT molecular complexity index is 1130. The Morgan fingerprint density at radius 3 is 2.72 bits per heavy atom. The van der Waals surface area contributed by atoms with Crippen LogP contribution in [0.15, 0.2) is 52.4 Å². The van der Waals surface area contributed by atoms with Crippen molar-refractivity contribution >= 4 is 46.0 Å². The summed E-state index contributed by atoms with van der Waals surface area (Å²) < 4.78 is 27.5. The van der Waals surface area contributed by atoms with Gasteiger partial charge in [-0.05, 0) is 37.1 Å². The number of para-hydroxylation sites is 1. The van der Waals surface area contributed by atoms with E-state index in [0.29, 0.717) is 29.5 Å². The second kappa shape index (κ2) is 9.20. The summed E-state index contributed by atoms with van der Waals surface area (Å²) in [6.07, 6.45) is 1.80. The van der Waals surface area contributed by atoms with Gasteiger partial charge in [0.05, 0.1) is 16.6 Å². The van der Waals surface area contributed by atoms with Crippen LogP contribution in [-0.2, 0) is 9.59 Å². The van der Waals surface area contributed by atoms with Crippen LogP contribution in [0.3, 0.4) is 0 Å². The van der Waals surface area contributed by atoms with Gasteiger partial charge in [0.15, 0.2) is 5.17 Å². The molecular weight excluding hydrogens is 434 g/mol. The van der Waals surface area contributed by atoms with Gasteiger partial charge in [0, 0.05) is 11.6 Å². The third-order valence-electron chi connectivity index (χ3n) is 5.27. The largest absolute Gasteiger partial charge is 0.323 e. The normalized spacial score (nSPS) is 17.9. The average molecular weight is 457 g/mol. The van der Waals surface area contributed by atoms with E-state index >= 15 is 0 Å². The molecule has 6 nitrogen and oxygen atoms in total. The minimum atomic E-state index is -0.717. The van der Waals surface area contributed by atoms with Crippen molar-refractivity contribution in [3.63, 3.8) is 0 Å². The first-order chi connectivity index (χ1) is 15.4. The highest BCUT2D eigenvalue weighted by molar-refractivity contribution is 8.15. The summed E-state index contributed by atoms with van der Waals surface area (Å²) in [5.41, 5.74) is 1.22. The first kappa shape index (κ1) is 22.1. The van der Waals surface area contributed by atoms with Gasteiger partial charge < -0.3 is 5.32 Å². The molecule has 0 aliphatic carbocycles. The van der Waals surface area contributed by atoms with Crippen molar-refractivity contribution in [3.8, 4) is 0 Å². The lowest BCUT2D eigenvalue weighted by atomic mass is 10.1. The van der Waals surface area contributed by atoms with Crippen LogP contribution in [0.2, 0.25) is 0 Å². The van der Waals surface area contributed by atoms with Crippen LogP contribution in [0.5, 0.6) is 0 Å². The van der Waals surface area contributed by atoms with E-state index in [0.717, 1.165) is 30.2 Å². The molecule has 0 spiro atoms. The molecule has 2 aromatic carbocycles. The number of halogens is 2. The van der Waals surface area contributed by atoms with E-state index in [-0.39, 0.29) is 11.6 Å². The van der Waals surface area contributed by atoms with Gasteiger partial charge in [0.25, 0.3) is 5.91 Å². The lowest BCUT2D eigenvalue weighted by Crippen LogP contribution is -2.44. The molecule has 0 aromatic heterocycles. The molecule has 9 heteroatoms. The van der Waals surface area contributed by atoms with Crippen molar-refractivity contribution in [1.82, 2.24) is 4.90 Å². The van der Waals surface area contributed by atoms with Crippen molar-refractivity contribution in [2.45, 2.75) is 44.4 Å². The van der Waals surface area contributed by atoms with Crippen LogP contribution in [0.25, 0.3) is 0 Å². The van der Waals surface area contributed by atoms with E-state index in [1.54, 1.807) is 4.90 Å². The fraction of sp³-hybridized carbons (Fsp3) is 0.304. The zero-order valence-corrected chi connectivity index (χ0v) is 18.5. The number of anilines is 1. The van der Waals surface area contributed by atoms with Gasteiger partial charge >= 0.3 is 0 Å². The number of hydrogen-bond donors (Lipinski definition) is 1. The summed E-state index contributed by atoms with van der Waals surface area (Å²) in [5.74, 6) is -1.53. The lowest BCUT2D eigenvalue weighted by Gasteiger charge is -2.32. The van der Waals surface area contributed by atoms with Crippen molar-refractivity contribution in [3.05, 3.63) is 59.7 Å². The summed E-state index contributed by atoms with van der Waals surface area (Å²) in [6, 6.07) is 9.83. The Morgan fingerprint density at radius 2 is 1.97 bits per heavy atom. The smallest absolute Gasteiger partial charge is 0.270 e. The van der Waals surface area contributed by atoms with Gasteiger partial charge in [-0.25, -0.2) is 13.8 Å². The molecule has 0 saturated heterocycles. The number of fused-ring (bicyclic) bond motifs is 3. The number of nitrogens with zero attached hydrogens (tertiary/aromatic N) is 3. The number of benzene rings is 2. The Balaban J connectivity index is 1.64. The van der Waals surface area contributed by atoms with Gasteiger partial charge in [-0.3, -0.25) is 14.5 Å². The number of amidine groups is 2. The van der Waals surface area contributed by atoms with E-state index in [1.807, 2.05) is 38.1 Å². The monoisotopic (exact) mass is 456 g/mol. The third kappa shape index (κ3) is 4.17. The van der Waals surface area contributed by atoms with Gasteiger partial charge in [0.1, 0.15) is 23.5 Å². The summed E-state index contributed by atoms with van der Waals surface area (Å²) in [4.78, 5) is 36.3. The molecule has 0 fully saturated rings. The summed E-state index contributed by atoms with van der Waals surface area (Å²) in [7, 11) is 0. The number of carbonyl (C=O) groups excluding carboxylic acids is 2. The molecule has 2 amide bonds. The molecular formula is C23H22F2N4O2S. The standard InChI is InChI=1S/C23H22F2N4O2S/c1-3-7-18-21(30)28-20-14-8-5-6-9-16(14)27-23(29(18)20)32-19(4-2)22(31)26-17-12-13(24)10-11-15(17)25/h5-6,8-12,18-19H,3-4,7H2,1-2H3,(H,26,31). The summed E-state index contributed by atoms with van der Waals surface area (Å²) in [5, 5.41) is 2.33. The fourth-order valence-corrected chi connectivity index (χ4v) is 4.75. The fourth-order valence-electron chi connectivity index (χ4n) is 3.69. The third-order valence-corrected chi connectivity index (χ3v) is 6.60. The number of hydrogen-bond acceptors (Lipinski definition) is 5. The molecule has 0 radical (unpaired) electrons. The molecule has 2 atom stereocenters. The maximum Gasteiger partial charge on any atom is 0.270 e. The SMILES string of the molecule is CCCC1C(=O)N=C2c3ccccc3N=C(SC(CC)C(=O)Nc3cc(F)ccc3F)N21. The van der Waals surface area contributed by atoms with Crippen LogP contribution in [0, 0.1) is 11.6 Å². The molecule has 0 bridgehead atoms. The molecule has 2 aliphatic rings. The minimum absolute atomic E-state index is 0.215. The van der Waals surface area contributed by atoms with Crippen LogP contribution < -0.4 is 5.32 Å². The number of amides is 2. The summed E-state index contributed by atoms with van der Waals surface area (Å²) >= 11 is 1.19. The predicted octanol–water partition coefficient (Wildman–Crippen LogP) is 4.87. The number of thioether (sulfide) groups is 1. The highest BCUT2D eigenvalue weighted by atomic mass is 32.2. The Hall–Kier alpha value is -3.07. The van der Waals surface area contributed by atoms with Gasteiger partial charge in [-0.1, -0.05) is 44.2 Å². The number of aliphatic imine (C=N–C) groups is 2. The zero-order chi connectivity index (χ0) is 22.8. The van der Waals surface area contributed by atoms with Crippen LogP contribution >= 0.6 is 11.8 Å². The maximum absolute atomic E-state index is 14.0. The van der Waals surface area contributed by atoms with E-state index in [1.165, 1.54) is 11.8 Å². The van der Waals surface area contributed by atoms with Crippen molar-refractivity contribution < 1.29 is 18.4 Å². The van der Waals surface area contributed by atoms with Crippen LogP contribution in [-0.4, -0.2) is 39.0 Å². The second-order valence-corrected chi connectivity index (χ2v) is 8.66. The molecule has 0 saturated carbocycles. The molecule has 4 rings (SSSR count). The van der Waals surface area contributed by atoms with E-state index < -0.39 is 28.8 Å². The summed E-state index contributed by atoms with van der Waals surface area (Å²) in [6.45, 7) is 3.81. The molecule has 2 heterocycles. The number of rotatable bonds is 6. The molecule has 2 unspecified atom stereocenters. The van der Waals surface area contributed by atoms with Crippen molar-refractivity contribution in [2.75, 3.05) is 5.32 Å². The first-order valence-electron chi connectivity index (χ1n) is 10.4. The zero-order valence-electron chi connectivity index (χ0n) is 17.6. The Morgan fingerprint density at radius 1 is 1.19 bits per heavy atom. The van der Waals surface area contributed by atoms with E-state index in [2.05, 4.69) is 10.3 Å². The molecule has 32 heavy (non-hydrogen) atoms. The van der Waals surface area contributed by atoms with E-state index in [4.69, 9.17) is 4.99 Å².